The van der Waals surface area contributed by atoms with Crippen LogP contribution in [0.3, 0.4) is 0 Å². The first kappa shape index (κ1) is 13.6. The second-order valence-electron chi connectivity index (χ2n) is 5.78. The highest BCUT2D eigenvalue weighted by Gasteiger charge is 2.21. The Morgan fingerprint density at radius 2 is 2.32 bits per heavy atom. The molecule has 1 fully saturated rings. The molecule has 0 spiro atoms. The van der Waals surface area contributed by atoms with Gasteiger partial charge < -0.3 is 15.2 Å². The van der Waals surface area contributed by atoms with Gasteiger partial charge in [0.25, 0.3) is 0 Å². The fourth-order valence-electron chi connectivity index (χ4n) is 2.55. The highest BCUT2D eigenvalue weighted by Crippen LogP contribution is 2.30. The topological polar surface area (TPSA) is 41.5 Å². The molecule has 0 aromatic carbocycles. The van der Waals surface area contributed by atoms with Crippen molar-refractivity contribution in [3.63, 3.8) is 0 Å². The molecule has 1 saturated carbocycles. The molecule has 1 aromatic heterocycles. The summed E-state index contributed by atoms with van der Waals surface area (Å²) in [4.78, 5) is 2.97. The lowest BCUT2D eigenvalue weighted by atomic mass is 10.2. The van der Waals surface area contributed by atoms with E-state index >= 15 is 0 Å². The van der Waals surface area contributed by atoms with Crippen LogP contribution >= 0.6 is 11.3 Å². The molecule has 1 aromatic rings. The Balaban J connectivity index is 1.30. The molecule has 4 heteroatoms. The summed E-state index contributed by atoms with van der Waals surface area (Å²) in [5.41, 5.74) is 1.55. The van der Waals surface area contributed by atoms with E-state index in [2.05, 4.69) is 11.4 Å². The number of aliphatic hydroxyl groups is 1. The lowest BCUT2D eigenvalue weighted by Gasteiger charge is -2.11. The molecule has 2 aliphatic carbocycles. The molecular formula is C15H23NO2S. The van der Waals surface area contributed by atoms with Crippen molar-refractivity contribution in [3.05, 3.63) is 21.4 Å². The Morgan fingerprint density at radius 1 is 1.42 bits per heavy atom. The Hall–Kier alpha value is -0.420. The Kier molecular flexibility index (Phi) is 4.53. The molecule has 0 amide bonds. The normalized spacial score (nSPS) is 19.6. The average Bonchev–Trinajstić information content (AvgIpc) is 2.96. The molecule has 19 heavy (non-hydrogen) atoms. The van der Waals surface area contributed by atoms with Crippen LogP contribution in [0.4, 0.5) is 0 Å². The van der Waals surface area contributed by atoms with E-state index in [1.165, 1.54) is 37.0 Å². The predicted octanol–water partition coefficient (Wildman–Crippen LogP) is 2.11. The third-order valence-corrected chi connectivity index (χ3v) is 5.07. The highest BCUT2D eigenvalue weighted by molar-refractivity contribution is 7.12. The average molecular weight is 281 g/mol. The largest absolute Gasteiger partial charge is 0.389 e. The van der Waals surface area contributed by atoms with Gasteiger partial charge in [-0.15, -0.1) is 11.3 Å². The fraction of sp³-hybridized carbons (Fsp3) is 0.733. The van der Waals surface area contributed by atoms with Gasteiger partial charge in [-0.05, 0) is 49.7 Å². The lowest BCUT2D eigenvalue weighted by Crippen LogP contribution is -2.30. The van der Waals surface area contributed by atoms with Gasteiger partial charge >= 0.3 is 0 Å². The number of aliphatic hydroxyl groups excluding tert-OH is 1. The molecule has 2 N–H and O–H groups in total. The quantitative estimate of drug-likeness (QED) is 0.767. The summed E-state index contributed by atoms with van der Waals surface area (Å²) >= 11 is 1.93. The molecule has 0 aliphatic heterocycles. The van der Waals surface area contributed by atoms with Gasteiger partial charge in [-0.1, -0.05) is 0 Å². The van der Waals surface area contributed by atoms with Crippen molar-refractivity contribution >= 4 is 11.3 Å². The minimum atomic E-state index is -0.384. The van der Waals surface area contributed by atoms with Crippen LogP contribution in [0, 0.1) is 5.92 Å². The van der Waals surface area contributed by atoms with Crippen LogP contribution in [0.2, 0.25) is 0 Å². The van der Waals surface area contributed by atoms with E-state index in [1.807, 2.05) is 11.3 Å². The van der Waals surface area contributed by atoms with Gasteiger partial charge in [0, 0.05) is 29.5 Å². The molecule has 1 heterocycles. The minimum Gasteiger partial charge on any atom is -0.389 e. The van der Waals surface area contributed by atoms with Crippen molar-refractivity contribution in [1.82, 2.24) is 5.32 Å². The second-order valence-corrected chi connectivity index (χ2v) is 7.00. The van der Waals surface area contributed by atoms with Gasteiger partial charge in [0.15, 0.2) is 0 Å². The van der Waals surface area contributed by atoms with E-state index < -0.39 is 0 Å². The molecule has 3 nitrogen and oxygen atoms in total. The van der Waals surface area contributed by atoms with Crippen molar-refractivity contribution in [2.45, 2.75) is 44.8 Å². The number of nitrogens with one attached hydrogen (secondary N) is 1. The van der Waals surface area contributed by atoms with E-state index in [1.54, 1.807) is 10.4 Å². The van der Waals surface area contributed by atoms with E-state index in [9.17, 15) is 5.11 Å². The number of hydrogen-bond acceptors (Lipinski definition) is 4. The summed E-state index contributed by atoms with van der Waals surface area (Å²) in [5, 5.41) is 13.1. The fourth-order valence-corrected chi connectivity index (χ4v) is 3.78. The van der Waals surface area contributed by atoms with Gasteiger partial charge in [0.05, 0.1) is 12.7 Å². The molecule has 2 aliphatic rings. The van der Waals surface area contributed by atoms with Crippen molar-refractivity contribution in [2.75, 3.05) is 19.8 Å². The van der Waals surface area contributed by atoms with E-state index in [0.29, 0.717) is 13.2 Å². The van der Waals surface area contributed by atoms with Crippen LogP contribution in [-0.4, -0.2) is 31.0 Å². The van der Waals surface area contributed by atoms with Crippen LogP contribution in [0.15, 0.2) is 6.07 Å². The summed E-state index contributed by atoms with van der Waals surface area (Å²) in [6.45, 7) is 2.78. The maximum Gasteiger partial charge on any atom is 0.0897 e. The first-order chi connectivity index (χ1) is 9.31. The van der Waals surface area contributed by atoms with Gasteiger partial charge in [-0.2, -0.15) is 0 Å². The van der Waals surface area contributed by atoms with E-state index in [0.717, 1.165) is 19.1 Å². The zero-order valence-electron chi connectivity index (χ0n) is 11.4. The van der Waals surface area contributed by atoms with Gasteiger partial charge in [-0.25, -0.2) is 0 Å². The van der Waals surface area contributed by atoms with Gasteiger partial charge in [-0.3, -0.25) is 0 Å². The third kappa shape index (κ3) is 4.02. The van der Waals surface area contributed by atoms with Gasteiger partial charge in [0.2, 0.25) is 0 Å². The Labute approximate surface area is 119 Å². The van der Waals surface area contributed by atoms with Crippen LogP contribution in [0.25, 0.3) is 0 Å². The van der Waals surface area contributed by atoms with Crippen LogP contribution in [0.1, 0.15) is 34.6 Å². The molecule has 3 rings (SSSR count). The maximum absolute atomic E-state index is 9.79. The first-order valence-electron chi connectivity index (χ1n) is 7.38. The number of rotatable bonds is 8. The summed E-state index contributed by atoms with van der Waals surface area (Å²) in [5.74, 6) is 0.772. The minimum absolute atomic E-state index is 0.384. The van der Waals surface area contributed by atoms with E-state index in [4.69, 9.17) is 4.74 Å². The SMILES string of the molecule is OC(CNCc1cc2c(s1)CCC2)COCC1CC1. The summed E-state index contributed by atoms with van der Waals surface area (Å²) in [6, 6.07) is 2.33. The van der Waals surface area contributed by atoms with E-state index in [-0.39, 0.29) is 6.10 Å². The number of thiophene rings is 1. The lowest BCUT2D eigenvalue weighted by molar-refractivity contribution is 0.0324. The molecule has 0 bridgehead atoms. The smallest absolute Gasteiger partial charge is 0.0897 e. The molecule has 1 atom stereocenters. The van der Waals surface area contributed by atoms with Gasteiger partial charge in [0.1, 0.15) is 0 Å². The predicted molar refractivity (Wildman–Crippen MR) is 77.6 cm³/mol. The van der Waals surface area contributed by atoms with Crippen LogP contribution in [0.5, 0.6) is 0 Å². The highest BCUT2D eigenvalue weighted by atomic mass is 32.1. The number of aryl methyl sites for hydroxylation is 2. The Morgan fingerprint density at radius 3 is 3.11 bits per heavy atom. The summed E-state index contributed by atoms with van der Waals surface area (Å²) < 4.78 is 5.48. The van der Waals surface area contributed by atoms with Crippen molar-refractivity contribution in [3.8, 4) is 0 Å². The standard InChI is InChI=1S/C15H23NO2S/c17-13(10-18-9-11-4-5-11)7-16-8-14-6-12-2-1-3-15(12)19-14/h6,11,13,16-17H,1-5,7-10H2. The van der Waals surface area contributed by atoms with Crippen molar-refractivity contribution in [2.24, 2.45) is 5.92 Å². The summed E-state index contributed by atoms with van der Waals surface area (Å²) in [7, 11) is 0. The molecule has 0 saturated heterocycles. The number of hydrogen-bond donors (Lipinski definition) is 2. The van der Waals surface area contributed by atoms with Crippen LogP contribution < -0.4 is 5.32 Å². The first-order valence-corrected chi connectivity index (χ1v) is 8.20. The van der Waals surface area contributed by atoms with Crippen molar-refractivity contribution < 1.29 is 9.84 Å². The molecule has 0 radical (unpaired) electrons. The zero-order chi connectivity index (χ0) is 13.1. The third-order valence-electron chi connectivity index (χ3n) is 3.84. The second kappa shape index (κ2) is 6.35. The zero-order valence-corrected chi connectivity index (χ0v) is 12.2. The van der Waals surface area contributed by atoms with Crippen molar-refractivity contribution in [1.29, 1.82) is 0 Å². The monoisotopic (exact) mass is 281 g/mol. The van der Waals surface area contributed by atoms with Crippen LogP contribution in [-0.2, 0) is 24.1 Å². The maximum atomic E-state index is 9.79. The Bertz CT molecular complexity index is 393. The molecular weight excluding hydrogens is 258 g/mol. The molecule has 1 unspecified atom stereocenters. The summed E-state index contributed by atoms with van der Waals surface area (Å²) in [6.07, 6.45) is 6.06. The number of fused-ring (bicyclic) bond motifs is 1. The molecule has 106 valence electrons. The number of ether oxygens (including phenoxy) is 1.